The van der Waals surface area contributed by atoms with E-state index in [0.717, 1.165) is 0 Å². The predicted molar refractivity (Wildman–Crippen MR) is 73.0 cm³/mol. The van der Waals surface area contributed by atoms with E-state index in [1.54, 1.807) is 30.3 Å². The lowest BCUT2D eigenvalue weighted by molar-refractivity contribution is 0.326. The maximum Gasteiger partial charge on any atom is 0.513 e. The molecule has 0 amide bonds. The molecular weight excluding hydrogens is 252 g/mol. The second-order valence-corrected chi connectivity index (χ2v) is 4.20. The fraction of sp³-hybridized carbons (Fsp3) is 0.143. The highest BCUT2D eigenvalue weighted by Crippen LogP contribution is 2.25. The molecule has 0 aliphatic heterocycles. The summed E-state index contributed by atoms with van der Waals surface area (Å²) in [5.41, 5.74) is -0.651. The maximum absolute atomic E-state index is 13.2. The van der Waals surface area contributed by atoms with E-state index in [4.69, 9.17) is 4.74 Å². The van der Waals surface area contributed by atoms with Crippen LogP contribution in [-0.2, 0) is 0 Å². The fourth-order valence-electron chi connectivity index (χ4n) is 1.99. The first-order chi connectivity index (χ1) is 9.04. The van der Waals surface area contributed by atoms with E-state index in [2.05, 4.69) is 6.58 Å². The van der Waals surface area contributed by atoms with E-state index in [1.165, 1.54) is 12.1 Å². The SMILES string of the molecule is C=CCCOc1ccc2ccccc2c1[B-](F)(F)F. The Morgan fingerprint density at radius 1 is 1.11 bits per heavy atom. The van der Waals surface area contributed by atoms with Gasteiger partial charge in [-0.2, -0.15) is 0 Å². The van der Waals surface area contributed by atoms with Crippen molar-refractivity contribution in [3.05, 3.63) is 49.1 Å². The van der Waals surface area contributed by atoms with Gasteiger partial charge in [-0.3, -0.25) is 0 Å². The van der Waals surface area contributed by atoms with Crippen LogP contribution in [0.25, 0.3) is 10.8 Å². The van der Waals surface area contributed by atoms with Crippen LogP contribution in [0.15, 0.2) is 49.1 Å². The summed E-state index contributed by atoms with van der Waals surface area (Å²) in [5, 5.41) is 0.749. The molecule has 5 heteroatoms. The normalized spacial score (nSPS) is 11.5. The van der Waals surface area contributed by atoms with Gasteiger partial charge in [-0.25, -0.2) is 0 Å². The van der Waals surface area contributed by atoms with Crippen LogP contribution in [0.2, 0.25) is 0 Å². The van der Waals surface area contributed by atoms with E-state index in [1.807, 2.05) is 0 Å². The minimum absolute atomic E-state index is 0.104. The molecule has 0 aliphatic carbocycles. The highest BCUT2D eigenvalue weighted by molar-refractivity contribution is 6.76. The first-order valence-corrected chi connectivity index (χ1v) is 5.99. The van der Waals surface area contributed by atoms with Crippen molar-refractivity contribution in [2.45, 2.75) is 6.42 Å². The van der Waals surface area contributed by atoms with Crippen LogP contribution >= 0.6 is 0 Å². The quantitative estimate of drug-likeness (QED) is 0.453. The zero-order chi connectivity index (χ0) is 13.9. The van der Waals surface area contributed by atoms with Gasteiger partial charge in [0.25, 0.3) is 0 Å². The van der Waals surface area contributed by atoms with E-state index in [9.17, 15) is 12.9 Å². The van der Waals surface area contributed by atoms with Gasteiger partial charge in [0.2, 0.25) is 0 Å². The molecule has 1 nitrogen and oxygen atoms in total. The van der Waals surface area contributed by atoms with Gasteiger partial charge >= 0.3 is 6.98 Å². The topological polar surface area (TPSA) is 9.23 Å². The van der Waals surface area contributed by atoms with Crippen molar-refractivity contribution in [1.82, 2.24) is 0 Å². The molecule has 0 heterocycles. The fourth-order valence-corrected chi connectivity index (χ4v) is 1.99. The summed E-state index contributed by atoms with van der Waals surface area (Å²) in [5.74, 6) is -0.104. The molecule has 0 aromatic heterocycles. The van der Waals surface area contributed by atoms with Gasteiger partial charge < -0.3 is 17.7 Å². The Balaban J connectivity index is 2.53. The van der Waals surface area contributed by atoms with Gasteiger partial charge in [0.1, 0.15) is 0 Å². The molecule has 2 rings (SSSR count). The number of hydrogen-bond acceptors (Lipinski definition) is 1. The highest BCUT2D eigenvalue weighted by Gasteiger charge is 2.31. The second kappa shape index (κ2) is 5.39. The molecule has 0 N–H and O–H groups in total. The third kappa shape index (κ3) is 2.92. The van der Waals surface area contributed by atoms with Crippen LogP contribution in [0.4, 0.5) is 12.9 Å². The van der Waals surface area contributed by atoms with Gasteiger partial charge in [-0.05, 0) is 23.3 Å². The van der Waals surface area contributed by atoms with Crippen molar-refractivity contribution >= 4 is 23.2 Å². The molecule has 0 bridgehead atoms. The summed E-state index contributed by atoms with van der Waals surface area (Å²) in [6.07, 6.45) is 2.12. The van der Waals surface area contributed by atoms with Crippen molar-refractivity contribution in [3.8, 4) is 5.75 Å². The van der Waals surface area contributed by atoms with E-state index in [-0.39, 0.29) is 17.7 Å². The third-order valence-corrected chi connectivity index (χ3v) is 2.84. The van der Waals surface area contributed by atoms with Crippen LogP contribution in [-0.4, -0.2) is 13.6 Å². The van der Waals surface area contributed by atoms with Crippen LogP contribution in [0, 0.1) is 0 Å². The Labute approximate surface area is 109 Å². The molecule has 100 valence electrons. The van der Waals surface area contributed by atoms with Crippen LogP contribution in [0.5, 0.6) is 5.75 Å². The standard InChI is InChI=1S/C14H13BF3O/c1-2-3-10-19-13-9-8-11-6-4-5-7-12(11)14(13)15(16,17)18/h2,4-9H,1,3,10H2/q-1. The minimum atomic E-state index is -5.12. The smallest absolute Gasteiger partial charge is 0.496 e. The largest absolute Gasteiger partial charge is 0.513 e. The number of fused-ring (bicyclic) bond motifs is 1. The third-order valence-electron chi connectivity index (χ3n) is 2.84. The monoisotopic (exact) mass is 265 g/mol. The van der Waals surface area contributed by atoms with E-state index >= 15 is 0 Å². The average Bonchev–Trinajstić information content (AvgIpc) is 2.37. The molecule has 19 heavy (non-hydrogen) atoms. The molecular formula is C14H13BF3O-. The highest BCUT2D eigenvalue weighted by atomic mass is 19.4. The molecule has 0 radical (unpaired) electrons. The van der Waals surface area contributed by atoms with Crippen molar-refractivity contribution in [2.75, 3.05) is 6.61 Å². The Kier molecular flexibility index (Phi) is 3.83. The average molecular weight is 265 g/mol. The molecule has 0 spiro atoms. The molecule has 0 saturated carbocycles. The Morgan fingerprint density at radius 2 is 1.84 bits per heavy atom. The van der Waals surface area contributed by atoms with Gasteiger partial charge in [0.05, 0.1) is 12.4 Å². The number of ether oxygens (including phenoxy) is 1. The van der Waals surface area contributed by atoms with Crippen molar-refractivity contribution in [1.29, 1.82) is 0 Å². The summed E-state index contributed by atoms with van der Waals surface area (Å²) in [6.45, 7) is -1.41. The Morgan fingerprint density at radius 3 is 2.53 bits per heavy atom. The first kappa shape index (κ1) is 13.5. The summed E-state index contributed by atoms with van der Waals surface area (Å²) in [4.78, 5) is 0. The van der Waals surface area contributed by atoms with Crippen LogP contribution in [0.3, 0.4) is 0 Å². The first-order valence-electron chi connectivity index (χ1n) is 5.99. The molecule has 0 aliphatic rings. The van der Waals surface area contributed by atoms with Gasteiger partial charge in [0.15, 0.2) is 0 Å². The molecule has 0 atom stereocenters. The lowest BCUT2D eigenvalue weighted by Gasteiger charge is -2.22. The molecule has 0 saturated heterocycles. The summed E-state index contributed by atoms with van der Waals surface area (Å²) >= 11 is 0. The summed E-state index contributed by atoms with van der Waals surface area (Å²) in [7, 11) is 0. The number of hydrogen-bond donors (Lipinski definition) is 0. The van der Waals surface area contributed by atoms with E-state index in [0.29, 0.717) is 11.8 Å². The van der Waals surface area contributed by atoms with Crippen LogP contribution < -0.4 is 10.2 Å². The number of halogens is 3. The molecule has 2 aromatic rings. The van der Waals surface area contributed by atoms with Crippen molar-refractivity contribution in [3.63, 3.8) is 0 Å². The van der Waals surface area contributed by atoms with Crippen molar-refractivity contribution < 1.29 is 17.7 Å². The summed E-state index contributed by atoms with van der Waals surface area (Å²) in [6, 6.07) is 9.48. The maximum atomic E-state index is 13.2. The lowest BCUT2D eigenvalue weighted by atomic mass is 9.76. The Hall–Kier alpha value is -1.91. The zero-order valence-corrected chi connectivity index (χ0v) is 10.3. The van der Waals surface area contributed by atoms with Crippen LogP contribution in [0.1, 0.15) is 6.42 Å². The molecule has 0 unspecified atom stereocenters. The molecule has 0 fully saturated rings. The number of rotatable bonds is 5. The summed E-state index contributed by atoms with van der Waals surface area (Å²) < 4.78 is 45.0. The number of benzene rings is 2. The minimum Gasteiger partial charge on any atom is -0.496 e. The second-order valence-electron chi connectivity index (χ2n) is 4.20. The molecule has 2 aromatic carbocycles. The Bertz CT molecular complexity index is 593. The van der Waals surface area contributed by atoms with Crippen molar-refractivity contribution in [2.24, 2.45) is 0 Å². The van der Waals surface area contributed by atoms with Gasteiger partial charge in [0, 0.05) is 0 Å². The van der Waals surface area contributed by atoms with E-state index < -0.39 is 12.4 Å². The van der Waals surface area contributed by atoms with Gasteiger partial charge in [-0.1, -0.05) is 41.9 Å². The predicted octanol–water partition coefficient (Wildman–Crippen LogP) is 3.85. The lowest BCUT2D eigenvalue weighted by Crippen LogP contribution is -2.36. The van der Waals surface area contributed by atoms with Gasteiger partial charge in [-0.15, -0.1) is 6.58 Å². The zero-order valence-electron chi connectivity index (χ0n) is 10.3.